The van der Waals surface area contributed by atoms with Gasteiger partial charge in [0.15, 0.2) is 0 Å². The minimum atomic E-state index is -4.06. The number of halogens is 3. The lowest BCUT2D eigenvalue weighted by molar-refractivity contribution is -0.185. The molecule has 0 radical (unpaired) electrons. The average molecular weight is 318 g/mol. The summed E-state index contributed by atoms with van der Waals surface area (Å²) in [6.45, 7) is 4.00. The molecule has 0 amide bonds. The highest BCUT2D eigenvalue weighted by atomic mass is 32.1. The van der Waals surface area contributed by atoms with Gasteiger partial charge in [-0.1, -0.05) is 0 Å². The Morgan fingerprint density at radius 2 is 1.76 bits per heavy atom. The molecule has 0 aliphatic heterocycles. The van der Waals surface area contributed by atoms with Crippen LogP contribution in [0, 0.1) is 19.8 Å². The van der Waals surface area contributed by atoms with E-state index >= 15 is 0 Å². The van der Waals surface area contributed by atoms with Crippen molar-refractivity contribution in [2.75, 3.05) is 0 Å². The maximum absolute atomic E-state index is 12.9. The Balaban J connectivity index is 1.82. The minimum Gasteiger partial charge on any atom is -0.303 e. The van der Waals surface area contributed by atoms with Crippen LogP contribution in [0.2, 0.25) is 0 Å². The molecule has 2 aliphatic carbocycles. The zero-order chi connectivity index (χ0) is 15.3. The maximum atomic E-state index is 12.9. The smallest absolute Gasteiger partial charge is 0.303 e. The van der Waals surface area contributed by atoms with E-state index in [1.54, 1.807) is 11.3 Å². The molecular weight excluding hydrogens is 297 g/mol. The summed E-state index contributed by atoms with van der Waals surface area (Å²) in [5.41, 5.74) is 0.678. The van der Waals surface area contributed by atoms with Gasteiger partial charge >= 0.3 is 6.18 Å². The lowest BCUT2D eigenvalue weighted by Gasteiger charge is -2.40. The molecule has 1 heterocycles. The Labute approximate surface area is 127 Å². The number of nitrogens with zero attached hydrogens (tertiary/aromatic N) is 1. The monoisotopic (exact) mass is 318 g/mol. The quantitative estimate of drug-likeness (QED) is 0.890. The van der Waals surface area contributed by atoms with Gasteiger partial charge in [0, 0.05) is 10.9 Å². The number of thiazole rings is 1. The van der Waals surface area contributed by atoms with E-state index in [2.05, 4.69) is 10.3 Å². The number of aromatic nitrogens is 1. The third-order valence-electron chi connectivity index (χ3n) is 4.80. The van der Waals surface area contributed by atoms with Crippen molar-refractivity contribution in [1.29, 1.82) is 0 Å². The molecule has 2 fully saturated rings. The van der Waals surface area contributed by atoms with E-state index in [1.165, 1.54) is 4.88 Å². The van der Waals surface area contributed by atoms with Gasteiger partial charge in [0.2, 0.25) is 0 Å². The number of hydrogen-bond acceptors (Lipinski definition) is 3. The van der Waals surface area contributed by atoms with Gasteiger partial charge in [-0.05, 0) is 52.4 Å². The average Bonchev–Trinajstić information content (AvgIpc) is 3.14. The van der Waals surface area contributed by atoms with E-state index in [-0.39, 0.29) is 18.4 Å². The predicted octanol–water partition coefficient (Wildman–Crippen LogP) is 4.46. The molecule has 2 nitrogen and oxygen atoms in total. The third-order valence-corrected chi connectivity index (χ3v) is 6.07. The van der Waals surface area contributed by atoms with Crippen LogP contribution in [0.4, 0.5) is 13.2 Å². The van der Waals surface area contributed by atoms with Crippen LogP contribution in [0.25, 0.3) is 0 Å². The van der Waals surface area contributed by atoms with E-state index in [0.717, 1.165) is 23.5 Å². The first-order valence-corrected chi connectivity index (χ1v) is 8.41. The van der Waals surface area contributed by atoms with E-state index in [0.29, 0.717) is 18.9 Å². The standard InChI is InChI=1S/C15H21F3N2S/c1-9-10(2)21-13(19-9)14(20-12-3-4-12)7-5-11(6-8-14)15(16,17)18/h11-12,20H,3-8H2,1-2H3. The second kappa shape index (κ2) is 5.23. The number of hydrogen-bond donors (Lipinski definition) is 1. The first kappa shape index (κ1) is 15.3. The Hall–Kier alpha value is -0.620. The van der Waals surface area contributed by atoms with Gasteiger partial charge in [0.05, 0.1) is 17.2 Å². The zero-order valence-corrected chi connectivity index (χ0v) is 13.2. The number of aryl methyl sites for hydroxylation is 2. The molecular formula is C15H21F3N2S. The third kappa shape index (κ3) is 3.11. The summed E-state index contributed by atoms with van der Waals surface area (Å²) in [5, 5.41) is 4.61. The fourth-order valence-electron chi connectivity index (χ4n) is 3.15. The molecule has 21 heavy (non-hydrogen) atoms. The van der Waals surface area contributed by atoms with Crippen LogP contribution in [-0.4, -0.2) is 17.2 Å². The SMILES string of the molecule is Cc1nc(C2(NC3CC3)CCC(C(F)(F)F)CC2)sc1C. The summed E-state index contributed by atoms with van der Waals surface area (Å²) in [7, 11) is 0. The molecule has 3 rings (SSSR count). The normalized spacial score (nSPS) is 30.6. The van der Waals surface area contributed by atoms with Crippen molar-refractivity contribution in [2.45, 2.75) is 70.1 Å². The highest BCUT2D eigenvalue weighted by molar-refractivity contribution is 7.11. The first-order valence-electron chi connectivity index (χ1n) is 7.59. The van der Waals surface area contributed by atoms with Crippen molar-refractivity contribution in [1.82, 2.24) is 10.3 Å². The molecule has 1 aromatic rings. The largest absolute Gasteiger partial charge is 0.391 e. The summed E-state index contributed by atoms with van der Waals surface area (Å²) < 4.78 is 38.7. The minimum absolute atomic E-state index is 0.209. The summed E-state index contributed by atoms with van der Waals surface area (Å²) >= 11 is 1.64. The first-order chi connectivity index (χ1) is 9.80. The van der Waals surface area contributed by atoms with Crippen LogP contribution >= 0.6 is 11.3 Å². The molecule has 2 aliphatic rings. The van der Waals surface area contributed by atoms with Crippen molar-refractivity contribution in [2.24, 2.45) is 5.92 Å². The molecule has 1 N–H and O–H groups in total. The molecule has 1 aromatic heterocycles. The van der Waals surface area contributed by atoms with Crippen molar-refractivity contribution < 1.29 is 13.2 Å². The molecule has 0 aromatic carbocycles. The lowest BCUT2D eigenvalue weighted by Crippen LogP contribution is -2.47. The Morgan fingerprint density at radius 1 is 1.14 bits per heavy atom. The summed E-state index contributed by atoms with van der Waals surface area (Å²) in [4.78, 5) is 5.82. The number of nitrogens with one attached hydrogen (secondary N) is 1. The molecule has 6 heteroatoms. The lowest BCUT2D eigenvalue weighted by atomic mass is 9.76. The highest BCUT2D eigenvalue weighted by Crippen LogP contribution is 2.47. The molecule has 0 atom stereocenters. The fourth-order valence-corrected chi connectivity index (χ4v) is 4.28. The topological polar surface area (TPSA) is 24.9 Å². The fraction of sp³-hybridized carbons (Fsp3) is 0.800. The van der Waals surface area contributed by atoms with Crippen molar-refractivity contribution >= 4 is 11.3 Å². The van der Waals surface area contributed by atoms with Crippen LogP contribution in [0.5, 0.6) is 0 Å². The Kier molecular flexibility index (Phi) is 3.81. The van der Waals surface area contributed by atoms with Crippen LogP contribution < -0.4 is 5.32 Å². The molecule has 118 valence electrons. The van der Waals surface area contributed by atoms with Crippen molar-refractivity contribution in [3.8, 4) is 0 Å². The van der Waals surface area contributed by atoms with Gasteiger partial charge in [0.25, 0.3) is 0 Å². The van der Waals surface area contributed by atoms with Gasteiger partial charge < -0.3 is 5.32 Å². The number of alkyl halides is 3. The van der Waals surface area contributed by atoms with Gasteiger partial charge in [0.1, 0.15) is 5.01 Å². The summed E-state index contributed by atoms with van der Waals surface area (Å²) in [6.07, 6.45) is -0.288. The molecule has 0 spiro atoms. The number of rotatable bonds is 3. The van der Waals surface area contributed by atoms with E-state index in [1.807, 2.05) is 13.8 Å². The zero-order valence-electron chi connectivity index (χ0n) is 12.4. The summed E-state index contributed by atoms with van der Waals surface area (Å²) in [6, 6.07) is 0.469. The van der Waals surface area contributed by atoms with E-state index < -0.39 is 12.1 Å². The maximum Gasteiger partial charge on any atom is 0.391 e. The van der Waals surface area contributed by atoms with E-state index in [4.69, 9.17) is 0 Å². The summed E-state index contributed by atoms with van der Waals surface area (Å²) in [5.74, 6) is -1.14. The van der Waals surface area contributed by atoms with E-state index in [9.17, 15) is 13.2 Å². The highest BCUT2D eigenvalue weighted by Gasteiger charge is 2.49. The predicted molar refractivity (Wildman–Crippen MR) is 77.4 cm³/mol. The molecule has 0 unspecified atom stereocenters. The molecule has 2 saturated carbocycles. The van der Waals surface area contributed by atoms with Gasteiger partial charge in [-0.2, -0.15) is 13.2 Å². The van der Waals surface area contributed by atoms with Crippen LogP contribution in [-0.2, 0) is 5.54 Å². The van der Waals surface area contributed by atoms with Crippen molar-refractivity contribution in [3.63, 3.8) is 0 Å². The van der Waals surface area contributed by atoms with Gasteiger partial charge in [-0.15, -0.1) is 11.3 Å². The van der Waals surface area contributed by atoms with Crippen molar-refractivity contribution in [3.05, 3.63) is 15.6 Å². The Morgan fingerprint density at radius 3 is 2.19 bits per heavy atom. The van der Waals surface area contributed by atoms with Crippen LogP contribution in [0.3, 0.4) is 0 Å². The molecule has 0 bridgehead atoms. The second-order valence-corrected chi connectivity index (χ2v) is 7.68. The Bertz CT molecular complexity index is 492. The second-order valence-electron chi connectivity index (χ2n) is 6.48. The van der Waals surface area contributed by atoms with Gasteiger partial charge in [-0.3, -0.25) is 0 Å². The van der Waals surface area contributed by atoms with Crippen LogP contribution in [0.15, 0.2) is 0 Å². The van der Waals surface area contributed by atoms with Crippen LogP contribution in [0.1, 0.15) is 54.1 Å². The molecule has 0 saturated heterocycles. The van der Waals surface area contributed by atoms with Gasteiger partial charge in [-0.25, -0.2) is 4.98 Å².